The van der Waals surface area contributed by atoms with E-state index < -0.39 is 0 Å². The molecule has 1 N–H and O–H groups in total. The van der Waals surface area contributed by atoms with Gasteiger partial charge in [0, 0.05) is 36.8 Å². The average Bonchev–Trinajstić information content (AvgIpc) is 3.46. The first-order valence-electron chi connectivity index (χ1n) is 11.7. The highest BCUT2D eigenvalue weighted by Gasteiger charge is 2.28. The van der Waals surface area contributed by atoms with Crippen LogP contribution < -0.4 is 15.5 Å². The summed E-state index contributed by atoms with van der Waals surface area (Å²) in [5.74, 6) is 0.687. The van der Waals surface area contributed by atoms with Crippen molar-refractivity contribution < 1.29 is 5.11 Å². The second-order valence-electron chi connectivity index (χ2n) is 9.33. The number of benzene rings is 2. The van der Waals surface area contributed by atoms with Crippen molar-refractivity contribution in [1.29, 1.82) is 0 Å². The molecule has 1 saturated heterocycles. The summed E-state index contributed by atoms with van der Waals surface area (Å²) in [6.45, 7) is 3.82. The van der Waals surface area contributed by atoms with Crippen LogP contribution in [0.1, 0.15) is 40.3 Å². The fraction of sp³-hybridized carbons (Fsp3) is 0.346. The Balaban J connectivity index is 1.46. The normalized spacial score (nSPS) is 18.7. The first-order valence-corrected chi connectivity index (χ1v) is 12.9. The zero-order valence-corrected chi connectivity index (χ0v) is 20.6. The lowest BCUT2D eigenvalue weighted by Crippen LogP contribution is -2.44. The zero-order valence-electron chi connectivity index (χ0n) is 19.0. The molecule has 6 nitrogen and oxygen atoms in total. The Morgan fingerprint density at radius 3 is 2.74 bits per heavy atom. The molecule has 6 rings (SSSR count). The monoisotopic (exact) mass is 491 g/mol. The highest BCUT2D eigenvalue weighted by atomic mass is 35.5. The predicted octanol–water partition coefficient (Wildman–Crippen LogP) is 3.54. The topological polar surface area (TPSA) is 64.3 Å². The first-order chi connectivity index (χ1) is 16.5. The molecule has 3 heterocycles. The van der Waals surface area contributed by atoms with E-state index >= 15 is 0 Å². The molecule has 0 unspecified atom stereocenters. The first kappa shape index (κ1) is 21.8. The summed E-state index contributed by atoms with van der Waals surface area (Å²) >= 11 is 7.94. The van der Waals surface area contributed by atoms with Crippen molar-refractivity contribution in [3.05, 3.63) is 73.6 Å². The minimum atomic E-state index is 0.106. The van der Waals surface area contributed by atoms with Crippen molar-refractivity contribution in [2.24, 2.45) is 10.2 Å². The van der Waals surface area contributed by atoms with Gasteiger partial charge in [0.2, 0.25) is 5.88 Å². The maximum Gasteiger partial charge on any atom is 0.231 e. The molecule has 1 aliphatic carbocycles. The molecule has 2 aromatic carbocycles. The summed E-state index contributed by atoms with van der Waals surface area (Å²) in [5, 5.41) is 22.9. The number of fused-ring (bicyclic) bond motifs is 1. The van der Waals surface area contributed by atoms with Crippen LogP contribution in [0.3, 0.4) is 0 Å². The van der Waals surface area contributed by atoms with E-state index in [-0.39, 0.29) is 5.88 Å². The Kier molecular flexibility index (Phi) is 5.63. The van der Waals surface area contributed by atoms with Crippen molar-refractivity contribution in [3.8, 4) is 5.88 Å². The molecular formula is C26H26ClN5OS. The van der Waals surface area contributed by atoms with E-state index in [4.69, 9.17) is 11.6 Å². The lowest BCUT2D eigenvalue weighted by atomic mass is 9.94. The molecule has 3 aromatic rings. The van der Waals surface area contributed by atoms with E-state index in [1.807, 2.05) is 12.1 Å². The lowest BCUT2D eigenvalue weighted by Gasteiger charge is -2.31. The second-order valence-corrected chi connectivity index (χ2v) is 10.7. The number of thiazole rings is 1. The lowest BCUT2D eigenvalue weighted by molar-refractivity contribution is 0.312. The van der Waals surface area contributed by atoms with Gasteiger partial charge in [0.05, 0.1) is 16.4 Å². The molecule has 2 aliphatic heterocycles. The third-order valence-corrected chi connectivity index (χ3v) is 8.28. The van der Waals surface area contributed by atoms with E-state index in [9.17, 15) is 5.11 Å². The standard InChI is InChI=1S/C26H26ClN5OS/c1-31-8-10-32(11-9-31)26-29-25(33)24(34-26)22(17-5-7-23-19(12-17)15-28-30-23)13-18-4-6-20(27)14-21(18)16-2-3-16/h4-7,12,14-16,33H,2-3,8-11,13H2,1H3. The SMILES string of the molecule is CN1CCN(c2nc(O)c(C(Cc3ccc(Cl)cc3C3CC3)=c3ccc4c(c3)C=NN=4)s2)CC1. The fourth-order valence-electron chi connectivity index (χ4n) is 4.73. The van der Waals surface area contributed by atoms with Crippen LogP contribution in [0.15, 0.2) is 46.6 Å². The van der Waals surface area contributed by atoms with Gasteiger partial charge in [-0.15, -0.1) is 0 Å². The van der Waals surface area contributed by atoms with E-state index in [2.05, 4.69) is 56.3 Å². The van der Waals surface area contributed by atoms with Crippen LogP contribution in [0.25, 0.3) is 5.57 Å². The Hall–Kier alpha value is -2.74. The summed E-state index contributed by atoms with van der Waals surface area (Å²) in [7, 11) is 2.14. The number of rotatable bonds is 5. The van der Waals surface area contributed by atoms with Crippen molar-refractivity contribution in [2.45, 2.75) is 25.2 Å². The summed E-state index contributed by atoms with van der Waals surface area (Å²) in [5.41, 5.74) is 4.65. The van der Waals surface area contributed by atoms with Gasteiger partial charge < -0.3 is 14.9 Å². The molecule has 3 aliphatic rings. The smallest absolute Gasteiger partial charge is 0.231 e. The molecule has 34 heavy (non-hydrogen) atoms. The quantitative estimate of drug-likeness (QED) is 0.593. The number of anilines is 1. The fourth-order valence-corrected chi connectivity index (χ4v) is 5.98. The number of aromatic nitrogens is 1. The number of halogens is 1. The van der Waals surface area contributed by atoms with Crippen LogP contribution in [-0.2, 0) is 6.42 Å². The van der Waals surface area contributed by atoms with Crippen LogP contribution in [0.5, 0.6) is 5.88 Å². The highest BCUT2D eigenvalue weighted by molar-refractivity contribution is 7.17. The molecule has 8 heteroatoms. The van der Waals surface area contributed by atoms with Gasteiger partial charge in [-0.2, -0.15) is 15.2 Å². The van der Waals surface area contributed by atoms with Crippen molar-refractivity contribution in [2.75, 3.05) is 38.1 Å². The van der Waals surface area contributed by atoms with Gasteiger partial charge in [-0.25, -0.2) is 0 Å². The zero-order chi connectivity index (χ0) is 23.2. The molecule has 0 bridgehead atoms. The van der Waals surface area contributed by atoms with E-state index in [0.29, 0.717) is 12.3 Å². The van der Waals surface area contributed by atoms with Crippen LogP contribution in [0.4, 0.5) is 5.13 Å². The minimum absolute atomic E-state index is 0.106. The maximum atomic E-state index is 11.0. The Labute approximate surface area is 207 Å². The molecule has 0 radical (unpaired) electrons. The molecule has 1 saturated carbocycles. The molecule has 1 aromatic heterocycles. The van der Waals surface area contributed by atoms with Crippen molar-refractivity contribution in [3.63, 3.8) is 0 Å². The van der Waals surface area contributed by atoms with E-state index in [0.717, 1.165) is 62.9 Å². The van der Waals surface area contributed by atoms with Crippen LogP contribution in [0, 0.1) is 0 Å². The number of hydrogen-bond donors (Lipinski definition) is 1. The number of hydrogen-bond acceptors (Lipinski definition) is 7. The van der Waals surface area contributed by atoms with Gasteiger partial charge in [0.1, 0.15) is 0 Å². The Morgan fingerprint density at radius 1 is 1.12 bits per heavy atom. The third kappa shape index (κ3) is 4.24. The van der Waals surface area contributed by atoms with Gasteiger partial charge in [-0.1, -0.05) is 35.1 Å². The molecule has 174 valence electrons. The number of nitrogens with zero attached hydrogens (tertiary/aromatic N) is 5. The summed E-state index contributed by atoms with van der Waals surface area (Å²) in [6, 6.07) is 12.4. The highest BCUT2D eigenvalue weighted by Crippen LogP contribution is 2.44. The van der Waals surface area contributed by atoms with Gasteiger partial charge in [0.15, 0.2) is 5.13 Å². The Morgan fingerprint density at radius 2 is 1.94 bits per heavy atom. The number of aromatic hydroxyl groups is 1. The third-order valence-electron chi connectivity index (χ3n) is 6.88. The minimum Gasteiger partial charge on any atom is -0.492 e. The molecule has 0 atom stereocenters. The molecule has 0 amide bonds. The number of likely N-dealkylation sites (N-methyl/N-ethyl adjacent to an activating group) is 1. The summed E-state index contributed by atoms with van der Waals surface area (Å²) in [6.07, 6.45) is 4.91. The molecular weight excluding hydrogens is 466 g/mol. The van der Waals surface area contributed by atoms with Crippen LogP contribution in [0.2, 0.25) is 5.02 Å². The van der Waals surface area contributed by atoms with Gasteiger partial charge in [0.25, 0.3) is 0 Å². The average molecular weight is 492 g/mol. The largest absolute Gasteiger partial charge is 0.492 e. The van der Waals surface area contributed by atoms with Gasteiger partial charge in [-0.05, 0) is 78.4 Å². The Bertz CT molecular complexity index is 1400. The van der Waals surface area contributed by atoms with Gasteiger partial charge >= 0.3 is 0 Å². The maximum absolute atomic E-state index is 11.0. The van der Waals surface area contributed by atoms with E-state index in [1.165, 1.54) is 24.0 Å². The van der Waals surface area contributed by atoms with Crippen LogP contribution in [-0.4, -0.2) is 54.4 Å². The van der Waals surface area contributed by atoms with Crippen molar-refractivity contribution >= 4 is 39.9 Å². The van der Waals surface area contributed by atoms with Crippen molar-refractivity contribution in [1.82, 2.24) is 9.88 Å². The molecule has 0 spiro atoms. The molecule has 2 fully saturated rings. The van der Waals surface area contributed by atoms with E-state index in [1.54, 1.807) is 17.6 Å². The van der Waals surface area contributed by atoms with Gasteiger partial charge in [-0.3, -0.25) is 0 Å². The summed E-state index contributed by atoms with van der Waals surface area (Å²) in [4.78, 5) is 10.0. The second kappa shape index (κ2) is 8.80. The predicted molar refractivity (Wildman–Crippen MR) is 138 cm³/mol. The van der Waals surface area contributed by atoms with Crippen LogP contribution >= 0.6 is 22.9 Å². The number of piperazine rings is 1. The summed E-state index contributed by atoms with van der Waals surface area (Å²) < 4.78 is 0.